The first-order valence-electron chi connectivity index (χ1n) is 8.61. The van der Waals surface area contributed by atoms with E-state index in [1.165, 1.54) is 0 Å². The highest BCUT2D eigenvalue weighted by Gasteiger charge is 2.58. The highest BCUT2D eigenvalue weighted by Crippen LogP contribution is 2.57. The molecule has 0 spiro atoms. The Labute approximate surface area is 144 Å². The molecule has 6 nitrogen and oxygen atoms in total. The first-order valence-corrected chi connectivity index (χ1v) is 8.61. The smallest absolute Gasteiger partial charge is 0.376 e. The molecule has 0 aromatic rings. The fourth-order valence-corrected chi connectivity index (χ4v) is 4.75. The normalized spacial score (nSPS) is 39.0. The number of halogens is 2. The molecule has 4 saturated carbocycles. The van der Waals surface area contributed by atoms with Crippen molar-refractivity contribution < 1.29 is 38.1 Å². The van der Waals surface area contributed by atoms with E-state index in [4.69, 9.17) is 4.74 Å². The topological polar surface area (TPSA) is 93.1 Å². The van der Waals surface area contributed by atoms with Gasteiger partial charge in [0.05, 0.1) is 6.10 Å². The number of hydrogen-bond donors (Lipinski definition) is 2. The average molecular weight is 362 g/mol. The summed E-state index contributed by atoms with van der Waals surface area (Å²) in [5.74, 6) is -5.94. The van der Waals surface area contributed by atoms with Gasteiger partial charge in [0.15, 0.2) is 5.60 Å². The molecule has 3 atom stereocenters. The summed E-state index contributed by atoms with van der Waals surface area (Å²) < 4.78 is 35.6. The predicted molar refractivity (Wildman–Crippen MR) is 80.6 cm³/mol. The van der Waals surface area contributed by atoms with E-state index in [0.717, 1.165) is 19.8 Å². The quantitative estimate of drug-likeness (QED) is 0.719. The molecule has 0 aromatic carbocycles. The fraction of sp³-hybridized carbons (Fsp3) is 0.882. The van der Waals surface area contributed by atoms with E-state index >= 15 is 0 Å². The lowest BCUT2D eigenvalue weighted by molar-refractivity contribution is -0.222. The van der Waals surface area contributed by atoms with Crippen LogP contribution in [0.3, 0.4) is 0 Å². The van der Waals surface area contributed by atoms with Crippen LogP contribution in [0.25, 0.3) is 0 Å². The molecular weight excluding hydrogens is 338 g/mol. The largest absolute Gasteiger partial charge is 0.458 e. The molecule has 4 fully saturated rings. The van der Waals surface area contributed by atoms with Gasteiger partial charge in [-0.3, -0.25) is 0 Å². The van der Waals surface area contributed by atoms with Gasteiger partial charge in [-0.2, -0.15) is 8.78 Å². The molecule has 4 aliphatic carbocycles. The summed E-state index contributed by atoms with van der Waals surface area (Å²) in [6.07, 6.45) is 3.21. The molecule has 3 unspecified atom stereocenters. The van der Waals surface area contributed by atoms with Crippen LogP contribution in [0.2, 0.25) is 0 Å². The first-order chi connectivity index (χ1) is 11.4. The van der Waals surface area contributed by atoms with Crippen molar-refractivity contribution in [1.82, 2.24) is 0 Å². The van der Waals surface area contributed by atoms with Crippen molar-refractivity contribution in [1.29, 1.82) is 0 Å². The number of carbonyl (C=O) groups excluding carboxylic acids is 2. The van der Waals surface area contributed by atoms with Crippen molar-refractivity contribution in [2.45, 2.75) is 69.2 Å². The van der Waals surface area contributed by atoms with Crippen LogP contribution in [0.15, 0.2) is 0 Å². The van der Waals surface area contributed by atoms with Crippen LogP contribution in [-0.2, 0) is 19.1 Å². The Morgan fingerprint density at radius 2 is 1.68 bits per heavy atom. The molecule has 0 amide bonds. The molecule has 0 heterocycles. The van der Waals surface area contributed by atoms with Crippen molar-refractivity contribution in [3.8, 4) is 0 Å². The summed E-state index contributed by atoms with van der Waals surface area (Å²) in [7, 11) is 0. The second-order valence-electron chi connectivity index (χ2n) is 8.27. The molecule has 0 aliphatic heterocycles. The molecule has 0 saturated heterocycles. The van der Waals surface area contributed by atoms with Gasteiger partial charge in [-0.15, -0.1) is 0 Å². The van der Waals surface area contributed by atoms with Gasteiger partial charge in [0.2, 0.25) is 0 Å². The maximum absolute atomic E-state index is 12.8. The molecule has 2 N–H and O–H groups in total. The van der Waals surface area contributed by atoms with Crippen molar-refractivity contribution in [2.24, 2.45) is 17.8 Å². The number of aliphatic hydroxyl groups is 2. The summed E-state index contributed by atoms with van der Waals surface area (Å²) in [4.78, 5) is 23.5. The second kappa shape index (κ2) is 5.87. The molecule has 142 valence electrons. The third-order valence-corrected chi connectivity index (χ3v) is 5.76. The zero-order valence-corrected chi connectivity index (χ0v) is 14.3. The van der Waals surface area contributed by atoms with Gasteiger partial charge in [0, 0.05) is 6.92 Å². The van der Waals surface area contributed by atoms with Gasteiger partial charge >= 0.3 is 17.9 Å². The number of hydrogen-bond acceptors (Lipinski definition) is 6. The molecule has 25 heavy (non-hydrogen) atoms. The van der Waals surface area contributed by atoms with Crippen LogP contribution in [0.1, 0.15) is 46.0 Å². The number of alkyl halides is 2. The lowest BCUT2D eigenvalue weighted by Crippen LogP contribution is -2.60. The van der Waals surface area contributed by atoms with Crippen LogP contribution < -0.4 is 0 Å². The summed E-state index contributed by atoms with van der Waals surface area (Å²) in [5.41, 5.74) is -2.93. The van der Waals surface area contributed by atoms with E-state index in [1.807, 2.05) is 0 Å². The third-order valence-electron chi connectivity index (χ3n) is 5.76. The molecule has 4 aliphatic rings. The number of rotatable bonds is 5. The van der Waals surface area contributed by atoms with Gasteiger partial charge in [-0.1, -0.05) is 0 Å². The predicted octanol–water partition coefficient (Wildman–Crippen LogP) is 1.42. The van der Waals surface area contributed by atoms with E-state index < -0.39 is 35.7 Å². The zero-order valence-electron chi connectivity index (χ0n) is 14.3. The summed E-state index contributed by atoms with van der Waals surface area (Å²) in [6.45, 7) is 0.554. The maximum atomic E-state index is 12.8. The highest BCUT2D eigenvalue weighted by atomic mass is 19.3. The second-order valence-corrected chi connectivity index (χ2v) is 8.27. The van der Waals surface area contributed by atoms with Crippen molar-refractivity contribution >= 4 is 11.9 Å². The SMILES string of the molecule is CC(F)(F)C(=O)OCC(C)(O)C(=O)OC12CC3CC(C1)C(O)C(C3)C2. The van der Waals surface area contributed by atoms with Crippen molar-refractivity contribution in [2.75, 3.05) is 6.61 Å². The minimum atomic E-state index is -3.70. The highest BCUT2D eigenvalue weighted by molar-refractivity contribution is 5.81. The standard InChI is InChI=1S/C17H24F2O6/c1-15(23,8-24-14(22)16(2,18)19)13(21)25-17-5-9-3-10(6-17)12(20)11(4-9)7-17/h9-12,20,23H,3-8H2,1-2H3. The number of ether oxygens (including phenoxy) is 2. The lowest BCUT2D eigenvalue weighted by atomic mass is 9.53. The van der Waals surface area contributed by atoms with E-state index in [9.17, 15) is 28.6 Å². The average Bonchev–Trinajstić information content (AvgIpc) is 2.48. The zero-order chi connectivity index (χ0) is 18.6. The van der Waals surface area contributed by atoms with E-state index in [2.05, 4.69) is 4.74 Å². The third kappa shape index (κ3) is 3.51. The van der Waals surface area contributed by atoms with Crippen LogP contribution in [0.5, 0.6) is 0 Å². The first kappa shape index (κ1) is 18.5. The minimum Gasteiger partial charge on any atom is -0.458 e. The van der Waals surface area contributed by atoms with Crippen molar-refractivity contribution in [3.05, 3.63) is 0 Å². The van der Waals surface area contributed by atoms with Gasteiger partial charge in [-0.25, -0.2) is 9.59 Å². The Hall–Kier alpha value is -1.28. The number of esters is 2. The monoisotopic (exact) mass is 362 g/mol. The Morgan fingerprint density at radius 1 is 1.12 bits per heavy atom. The Kier molecular flexibility index (Phi) is 4.35. The summed E-state index contributed by atoms with van der Waals surface area (Å²) in [6, 6.07) is 0. The van der Waals surface area contributed by atoms with Crippen LogP contribution in [0.4, 0.5) is 8.78 Å². The van der Waals surface area contributed by atoms with E-state index in [1.54, 1.807) is 0 Å². The molecule has 8 heteroatoms. The van der Waals surface area contributed by atoms with Crippen molar-refractivity contribution in [3.63, 3.8) is 0 Å². The summed E-state index contributed by atoms with van der Waals surface area (Å²) in [5, 5.41) is 20.4. The molecule has 4 bridgehead atoms. The summed E-state index contributed by atoms with van der Waals surface area (Å²) >= 11 is 0. The van der Waals surface area contributed by atoms with Gasteiger partial charge in [0.1, 0.15) is 12.2 Å². The molecule has 0 radical (unpaired) electrons. The molecule has 4 rings (SSSR count). The van der Waals surface area contributed by atoms with Gasteiger partial charge in [0.25, 0.3) is 0 Å². The Morgan fingerprint density at radius 3 is 2.20 bits per heavy atom. The Balaban J connectivity index is 1.62. The van der Waals surface area contributed by atoms with Gasteiger partial charge < -0.3 is 19.7 Å². The minimum absolute atomic E-state index is 0.0839. The van der Waals surface area contributed by atoms with E-state index in [-0.39, 0.29) is 17.9 Å². The fourth-order valence-electron chi connectivity index (χ4n) is 4.75. The molecule has 0 aromatic heterocycles. The maximum Gasteiger partial charge on any atom is 0.376 e. The lowest BCUT2D eigenvalue weighted by Gasteiger charge is -2.58. The Bertz CT molecular complexity index is 554. The van der Waals surface area contributed by atoms with Crippen LogP contribution >= 0.6 is 0 Å². The van der Waals surface area contributed by atoms with Crippen LogP contribution in [0, 0.1) is 17.8 Å². The van der Waals surface area contributed by atoms with Gasteiger partial charge in [-0.05, 0) is 56.8 Å². The molecular formula is C17H24F2O6. The van der Waals surface area contributed by atoms with Crippen LogP contribution in [-0.4, -0.2) is 52.0 Å². The number of aliphatic hydroxyl groups excluding tert-OH is 1. The van der Waals surface area contributed by atoms with E-state index in [0.29, 0.717) is 32.1 Å². The number of carbonyl (C=O) groups is 2.